The third-order valence-electron chi connectivity index (χ3n) is 3.75. The second-order valence-electron chi connectivity index (χ2n) is 5.14. The topological polar surface area (TPSA) is 85.1 Å². The summed E-state index contributed by atoms with van der Waals surface area (Å²) in [7, 11) is 0. The molecule has 0 aromatic carbocycles. The zero-order valence-corrected chi connectivity index (χ0v) is 11.5. The Hall–Kier alpha value is -2.37. The van der Waals surface area contributed by atoms with Gasteiger partial charge in [0.2, 0.25) is 0 Å². The van der Waals surface area contributed by atoms with Gasteiger partial charge in [-0.2, -0.15) is 5.10 Å². The molecule has 3 rings (SSSR count). The Morgan fingerprint density at radius 3 is 2.65 bits per heavy atom. The molecule has 3 heterocycles. The fourth-order valence-corrected chi connectivity index (χ4v) is 2.54. The van der Waals surface area contributed by atoms with Crippen molar-refractivity contribution in [1.29, 1.82) is 0 Å². The average molecular weight is 272 g/mol. The second-order valence-corrected chi connectivity index (χ2v) is 5.14. The molecule has 6 nitrogen and oxygen atoms in total. The van der Waals surface area contributed by atoms with Crippen molar-refractivity contribution in [2.24, 2.45) is 11.5 Å². The van der Waals surface area contributed by atoms with Crippen LogP contribution in [-0.2, 0) is 6.54 Å². The van der Waals surface area contributed by atoms with Gasteiger partial charge in [-0.25, -0.2) is 4.68 Å². The number of nitrogens with zero attached hydrogens (tertiary/aromatic N) is 3. The lowest BCUT2D eigenvalue weighted by Crippen LogP contribution is -2.24. The quantitative estimate of drug-likeness (QED) is 0.702. The summed E-state index contributed by atoms with van der Waals surface area (Å²) in [5.74, 6) is 1.31. The van der Waals surface area contributed by atoms with E-state index in [9.17, 15) is 0 Å². The van der Waals surface area contributed by atoms with E-state index < -0.39 is 0 Å². The third kappa shape index (κ3) is 2.24. The maximum atomic E-state index is 6.04. The van der Waals surface area contributed by atoms with Crippen molar-refractivity contribution in [3.05, 3.63) is 42.0 Å². The van der Waals surface area contributed by atoms with Gasteiger partial charge < -0.3 is 21.7 Å². The molecular weight excluding hydrogens is 252 g/mol. The summed E-state index contributed by atoms with van der Waals surface area (Å²) >= 11 is 0. The predicted molar refractivity (Wildman–Crippen MR) is 79.6 cm³/mol. The lowest BCUT2D eigenvalue weighted by molar-refractivity contribution is 0.421. The van der Waals surface area contributed by atoms with Gasteiger partial charge in [-0.05, 0) is 25.0 Å². The van der Waals surface area contributed by atoms with E-state index in [1.54, 1.807) is 10.8 Å². The Bertz CT molecular complexity index is 589. The third-order valence-corrected chi connectivity index (χ3v) is 3.75. The van der Waals surface area contributed by atoms with Gasteiger partial charge in [-0.3, -0.25) is 0 Å². The SMILES string of the molecule is C=C1NCc2nn(/C(N)=C/C=C(\N)N3CCCC3)cc21. The lowest BCUT2D eigenvalue weighted by atomic mass is 10.3. The zero-order valence-electron chi connectivity index (χ0n) is 11.5. The monoisotopic (exact) mass is 272 g/mol. The van der Waals surface area contributed by atoms with Gasteiger partial charge in [0.15, 0.2) is 0 Å². The van der Waals surface area contributed by atoms with Crippen molar-refractivity contribution in [3.8, 4) is 0 Å². The minimum Gasteiger partial charge on any atom is -0.385 e. The fraction of sp³-hybridized carbons (Fsp3) is 0.357. The standard InChI is InChI=1S/C14H20N6/c1-10-11-9-20(18-12(11)8-17-10)14(16)5-4-13(15)19-6-2-3-7-19/h4-5,9,17H,1-3,6-8,15-16H2/b13-4+,14-5+. The minimum atomic E-state index is 0.550. The van der Waals surface area contributed by atoms with Gasteiger partial charge in [0.1, 0.15) is 5.82 Å². The Morgan fingerprint density at radius 2 is 1.95 bits per heavy atom. The summed E-state index contributed by atoms with van der Waals surface area (Å²) in [6.07, 6.45) is 7.94. The van der Waals surface area contributed by atoms with Crippen LogP contribution in [0, 0.1) is 0 Å². The highest BCUT2D eigenvalue weighted by molar-refractivity contribution is 5.67. The van der Waals surface area contributed by atoms with Crippen LogP contribution in [0.5, 0.6) is 0 Å². The molecule has 0 amide bonds. The first-order valence-electron chi connectivity index (χ1n) is 6.85. The van der Waals surface area contributed by atoms with Crippen LogP contribution in [0.3, 0.4) is 0 Å². The minimum absolute atomic E-state index is 0.550. The molecule has 1 aromatic heterocycles. The van der Waals surface area contributed by atoms with Crippen molar-refractivity contribution in [2.75, 3.05) is 13.1 Å². The van der Waals surface area contributed by atoms with Crippen LogP contribution in [0.1, 0.15) is 24.1 Å². The van der Waals surface area contributed by atoms with Crippen molar-refractivity contribution in [2.45, 2.75) is 19.4 Å². The Kier molecular flexibility index (Phi) is 3.14. The van der Waals surface area contributed by atoms with Gasteiger partial charge >= 0.3 is 0 Å². The number of hydrogen-bond acceptors (Lipinski definition) is 5. The zero-order chi connectivity index (χ0) is 14.1. The molecule has 0 bridgehead atoms. The van der Waals surface area contributed by atoms with Gasteiger partial charge in [-0.15, -0.1) is 0 Å². The largest absolute Gasteiger partial charge is 0.385 e. The highest BCUT2D eigenvalue weighted by Crippen LogP contribution is 2.22. The van der Waals surface area contributed by atoms with Crippen LogP contribution in [0.2, 0.25) is 0 Å². The molecule has 106 valence electrons. The number of allylic oxidation sites excluding steroid dienone is 2. The van der Waals surface area contributed by atoms with Crippen molar-refractivity contribution in [3.63, 3.8) is 0 Å². The molecule has 2 aliphatic heterocycles. The highest BCUT2D eigenvalue weighted by atomic mass is 15.3. The first-order valence-corrected chi connectivity index (χ1v) is 6.85. The number of nitrogens with one attached hydrogen (secondary N) is 1. The molecule has 2 aliphatic rings. The molecule has 6 heteroatoms. The molecule has 0 aliphatic carbocycles. The summed E-state index contributed by atoms with van der Waals surface area (Å²) in [5.41, 5.74) is 15.0. The van der Waals surface area contributed by atoms with Crippen molar-refractivity contribution < 1.29 is 0 Å². The van der Waals surface area contributed by atoms with Crippen molar-refractivity contribution in [1.82, 2.24) is 20.0 Å². The number of fused-ring (bicyclic) bond motifs is 1. The molecule has 0 spiro atoms. The van der Waals surface area contributed by atoms with E-state index in [4.69, 9.17) is 11.5 Å². The number of likely N-dealkylation sites (tertiary alicyclic amines) is 1. The fourth-order valence-electron chi connectivity index (χ4n) is 2.54. The van der Waals surface area contributed by atoms with E-state index in [1.165, 1.54) is 12.8 Å². The van der Waals surface area contributed by atoms with E-state index in [0.29, 0.717) is 12.4 Å². The van der Waals surface area contributed by atoms with Gasteiger partial charge in [0.25, 0.3) is 0 Å². The molecule has 0 atom stereocenters. The molecule has 0 unspecified atom stereocenters. The number of aromatic nitrogens is 2. The average Bonchev–Trinajstić information content (AvgIpc) is 3.14. The number of rotatable bonds is 3. The first kappa shape index (κ1) is 12.7. The van der Waals surface area contributed by atoms with Crippen molar-refractivity contribution >= 4 is 11.5 Å². The Labute approximate surface area is 118 Å². The van der Waals surface area contributed by atoms with Crippen LogP contribution in [-0.4, -0.2) is 27.8 Å². The van der Waals surface area contributed by atoms with Gasteiger partial charge in [0, 0.05) is 30.5 Å². The Balaban J connectivity index is 1.76. The number of hydrogen-bond donors (Lipinski definition) is 3. The maximum Gasteiger partial charge on any atom is 0.124 e. The van der Waals surface area contributed by atoms with Crippen LogP contribution in [0.15, 0.2) is 30.7 Å². The van der Waals surface area contributed by atoms with Crippen LogP contribution < -0.4 is 16.8 Å². The Morgan fingerprint density at radius 1 is 1.25 bits per heavy atom. The smallest absolute Gasteiger partial charge is 0.124 e. The van der Waals surface area contributed by atoms with Gasteiger partial charge in [-0.1, -0.05) is 6.58 Å². The molecule has 20 heavy (non-hydrogen) atoms. The summed E-state index contributed by atoms with van der Waals surface area (Å²) in [6.45, 7) is 6.69. The van der Waals surface area contributed by atoms with E-state index >= 15 is 0 Å². The normalized spacial score (nSPS) is 19.4. The summed E-state index contributed by atoms with van der Waals surface area (Å²) in [4.78, 5) is 2.17. The number of nitrogens with two attached hydrogens (primary N) is 2. The second kappa shape index (κ2) is 4.96. The van der Waals surface area contributed by atoms with E-state index in [0.717, 1.165) is 35.9 Å². The van der Waals surface area contributed by atoms with Crippen LogP contribution in [0.4, 0.5) is 0 Å². The van der Waals surface area contributed by atoms with Gasteiger partial charge in [0.05, 0.1) is 18.1 Å². The summed E-state index contributed by atoms with van der Waals surface area (Å²) in [6, 6.07) is 0. The van der Waals surface area contributed by atoms with E-state index in [1.807, 2.05) is 12.3 Å². The summed E-state index contributed by atoms with van der Waals surface area (Å²) in [5, 5.41) is 7.58. The lowest BCUT2D eigenvalue weighted by Gasteiger charge is -2.16. The molecule has 1 fully saturated rings. The molecule has 5 N–H and O–H groups in total. The van der Waals surface area contributed by atoms with Crippen LogP contribution >= 0.6 is 0 Å². The predicted octanol–water partition coefficient (Wildman–Crippen LogP) is 0.610. The molecule has 0 saturated carbocycles. The molecule has 1 saturated heterocycles. The van der Waals surface area contributed by atoms with E-state index in [-0.39, 0.29) is 0 Å². The van der Waals surface area contributed by atoms with Crippen LogP contribution in [0.25, 0.3) is 11.5 Å². The van der Waals surface area contributed by atoms with E-state index in [2.05, 4.69) is 21.9 Å². The highest BCUT2D eigenvalue weighted by Gasteiger charge is 2.18. The maximum absolute atomic E-state index is 6.04. The summed E-state index contributed by atoms with van der Waals surface area (Å²) < 4.78 is 1.67. The molecule has 0 radical (unpaired) electrons. The first-order chi connectivity index (χ1) is 9.65. The molecule has 1 aromatic rings. The molecular formula is C14H20N6.